The van der Waals surface area contributed by atoms with Gasteiger partial charge in [-0.25, -0.2) is 9.13 Å². The Kier molecular flexibility index (Phi) is 6.04. The average molecular weight is 213 g/mol. The van der Waals surface area contributed by atoms with Gasteiger partial charge < -0.3 is 9.84 Å². The maximum absolute atomic E-state index is 8.53. The van der Waals surface area contributed by atoms with Crippen molar-refractivity contribution in [3.8, 4) is 0 Å². The van der Waals surface area contributed by atoms with Gasteiger partial charge in [0.25, 0.3) is 0 Å². The van der Waals surface area contributed by atoms with Crippen molar-refractivity contribution in [1.29, 1.82) is 0 Å². The first kappa shape index (κ1) is 12.2. The van der Waals surface area contributed by atoms with Crippen molar-refractivity contribution in [1.82, 2.24) is 4.57 Å². The van der Waals surface area contributed by atoms with Gasteiger partial charge in [-0.05, 0) is 6.42 Å². The molecule has 0 atom stereocenters. The van der Waals surface area contributed by atoms with E-state index in [4.69, 9.17) is 9.84 Å². The second-order valence-corrected chi connectivity index (χ2v) is 3.58. The van der Waals surface area contributed by atoms with Gasteiger partial charge in [0.15, 0.2) is 0 Å². The molecule has 0 aliphatic rings. The highest BCUT2D eigenvalue weighted by molar-refractivity contribution is 4.65. The number of ether oxygens (including phenoxy) is 1. The molecular formula is C11H21N2O2+. The van der Waals surface area contributed by atoms with Gasteiger partial charge in [0, 0.05) is 0 Å². The molecule has 0 amide bonds. The SMILES string of the molecule is CCCC[n+]1ccn(CCOCCO)c1. The molecule has 86 valence electrons. The average Bonchev–Trinajstić information content (AvgIpc) is 2.69. The number of nitrogens with zero attached hydrogens (tertiary/aromatic N) is 2. The summed E-state index contributed by atoms with van der Waals surface area (Å²) in [4.78, 5) is 0. The highest BCUT2D eigenvalue weighted by Gasteiger charge is 2.02. The number of aliphatic hydroxyl groups is 1. The molecule has 1 rings (SSSR count). The molecule has 4 heteroatoms. The fourth-order valence-corrected chi connectivity index (χ4v) is 1.38. The lowest BCUT2D eigenvalue weighted by Gasteiger charge is -1.98. The number of aryl methyl sites for hydroxylation is 1. The molecule has 0 fully saturated rings. The number of imidazole rings is 1. The van der Waals surface area contributed by atoms with Gasteiger partial charge >= 0.3 is 0 Å². The third kappa shape index (κ3) is 4.95. The molecule has 1 aromatic heterocycles. The summed E-state index contributed by atoms with van der Waals surface area (Å²) in [5.41, 5.74) is 0. The lowest BCUT2D eigenvalue weighted by molar-refractivity contribution is -0.696. The van der Waals surface area contributed by atoms with Crippen LogP contribution in [0.15, 0.2) is 18.7 Å². The summed E-state index contributed by atoms with van der Waals surface area (Å²) in [6, 6.07) is 0. The second-order valence-electron chi connectivity index (χ2n) is 3.58. The zero-order valence-electron chi connectivity index (χ0n) is 9.43. The minimum Gasteiger partial charge on any atom is -0.394 e. The van der Waals surface area contributed by atoms with Crippen LogP contribution in [0.5, 0.6) is 0 Å². The third-order valence-corrected chi connectivity index (χ3v) is 2.25. The van der Waals surface area contributed by atoms with Gasteiger partial charge in [-0.1, -0.05) is 13.3 Å². The maximum atomic E-state index is 8.53. The molecule has 0 radical (unpaired) electrons. The van der Waals surface area contributed by atoms with Crippen LogP contribution in [-0.2, 0) is 17.8 Å². The zero-order chi connectivity index (χ0) is 10.9. The predicted molar refractivity (Wildman–Crippen MR) is 57.4 cm³/mol. The number of unbranched alkanes of at least 4 members (excludes halogenated alkanes) is 1. The van der Waals surface area contributed by atoms with Crippen LogP contribution in [0, 0.1) is 0 Å². The Labute approximate surface area is 91.1 Å². The predicted octanol–water partition coefficient (Wildman–Crippen LogP) is 0.585. The van der Waals surface area contributed by atoms with Gasteiger partial charge in [0.05, 0.1) is 26.4 Å². The Bertz CT molecular complexity index is 261. The molecule has 15 heavy (non-hydrogen) atoms. The van der Waals surface area contributed by atoms with E-state index < -0.39 is 0 Å². The standard InChI is InChI=1S/C11H21N2O2/c1-2-3-4-12-5-6-13(11-12)7-9-15-10-8-14/h5-6,11,14H,2-4,7-10H2,1H3/q+1. The summed E-state index contributed by atoms with van der Waals surface area (Å²) in [6.45, 7) is 5.31. The van der Waals surface area contributed by atoms with Gasteiger partial charge in [0.2, 0.25) is 6.33 Å². The van der Waals surface area contributed by atoms with Crippen molar-refractivity contribution in [2.45, 2.75) is 32.9 Å². The topological polar surface area (TPSA) is 38.3 Å². The molecule has 1 N–H and O–H groups in total. The number of hydrogen-bond acceptors (Lipinski definition) is 2. The van der Waals surface area contributed by atoms with Crippen molar-refractivity contribution < 1.29 is 14.4 Å². The lowest BCUT2D eigenvalue weighted by atomic mass is 10.3. The Balaban J connectivity index is 2.20. The van der Waals surface area contributed by atoms with Crippen LogP contribution >= 0.6 is 0 Å². The van der Waals surface area contributed by atoms with E-state index in [1.54, 1.807) is 0 Å². The van der Waals surface area contributed by atoms with Crippen LogP contribution < -0.4 is 4.57 Å². The van der Waals surface area contributed by atoms with Crippen molar-refractivity contribution >= 4 is 0 Å². The second kappa shape index (κ2) is 7.43. The molecule has 1 aromatic rings. The summed E-state index contributed by atoms with van der Waals surface area (Å²) < 4.78 is 9.49. The quantitative estimate of drug-likeness (QED) is 0.507. The Hall–Kier alpha value is -0.870. The van der Waals surface area contributed by atoms with Crippen molar-refractivity contribution in [2.75, 3.05) is 19.8 Å². The number of aliphatic hydroxyl groups excluding tert-OH is 1. The van der Waals surface area contributed by atoms with E-state index in [1.807, 2.05) is 0 Å². The van der Waals surface area contributed by atoms with Crippen molar-refractivity contribution in [2.24, 2.45) is 0 Å². The smallest absolute Gasteiger partial charge is 0.243 e. The molecule has 4 nitrogen and oxygen atoms in total. The number of aromatic nitrogens is 2. The normalized spacial score (nSPS) is 10.8. The van der Waals surface area contributed by atoms with Crippen LogP contribution in [0.2, 0.25) is 0 Å². The van der Waals surface area contributed by atoms with Gasteiger partial charge in [0.1, 0.15) is 18.9 Å². The Morgan fingerprint density at radius 3 is 3.00 bits per heavy atom. The van der Waals surface area contributed by atoms with Gasteiger partial charge in [-0.15, -0.1) is 0 Å². The summed E-state index contributed by atoms with van der Waals surface area (Å²) in [7, 11) is 0. The highest BCUT2D eigenvalue weighted by Crippen LogP contribution is 1.89. The number of hydrogen-bond donors (Lipinski definition) is 1. The van der Waals surface area contributed by atoms with E-state index in [0.29, 0.717) is 13.2 Å². The van der Waals surface area contributed by atoms with E-state index >= 15 is 0 Å². The molecule has 0 aromatic carbocycles. The van der Waals surface area contributed by atoms with E-state index in [1.165, 1.54) is 12.8 Å². The minimum atomic E-state index is 0.0994. The van der Waals surface area contributed by atoms with Crippen LogP contribution in [0.3, 0.4) is 0 Å². The van der Waals surface area contributed by atoms with Crippen LogP contribution in [0.25, 0.3) is 0 Å². The summed E-state index contributed by atoms with van der Waals surface area (Å²) in [5.74, 6) is 0. The minimum absolute atomic E-state index is 0.0994. The van der Waals surface area contributed by atoms with Gasteiger partial charge in [-0.2, -0.15) is 0 Å². The molecule has 0 aliphatic heterocycles. The van der Waals surface area contributed by atoms with Crippen molar-refractivity contribution in [3.05, 3.63) is 18.7 Å². The molecule has 0 saturated heterocycles. The van der Waals surface area contributed by atoms with E-state index in [9.17, 15) is 0 Å². The molecular weight excluding hydrogens is 192 g/mol. The fourth-order valence-electron chi connectivity index (χ4n) is 1.38. The largest absolute Gasteiger partial charge is 0.394 e. The van der Waals surface area contributed by atoms with Crippen LogP contribution in [0.4, 0.5) is 0 Å². The van der Waals surface area contributed by atoms with E-state index in [-0.39, 0.29) is 6.61 Å². The molecule has 0 unspecified atom stereocenters. The highest BCUT2D eigenvalue weighted by atomic mass is 16.5. The number of rotatable bonds is 8. The Morgan fingerprint density at radius 1 is 1.40 bits per heavy atom. The first-order valence-corrected chi connectivity index (χ1v) is 5.60. The van der Waals surface area contributed by atoms with E-state index in [0.717, 1.165) is 13.1 Å². The van der Waals surface area contributed by atoms with Gasteiger partial charge in [-0.3, -0.25) is 0 Å². The van der Waals surface area contributed by atoms with Crippen molar-refractivity contribution in [3.63, 3.8) is 0 Å². The first-order chi connectivity index (χ1) is 7.36. The van der Waals surface area contributed by atoms with E-state index in [2.05, 4.69) is 34.8 Å². The Morgan fingerprint density at radius 2 is 2.27 bits per heavy atom. The molecule has 0 saturated carbocycles. The molecule has 0 spiro atoms. The molecule has 1 heterocycles. The van der Waals surface area contributed by atoms with Crippen LogP contribution in [-0.4, -0.2) is 29.5 Å². The summed E-state index contributed by atoms with van der Waals surface area (Å²) in [6.07, 6.45) is 8.67. The molecule has 0 aliphatic carbocycles. The van der Waals surface area contributed by atoms with Crippen LogP contribution in [0.1, 0.15) is 19.8 Å². The zero-order valence-corrected chi connectivity index (χ0v) is 9.43. The first-order valence-electron chi connectivity index (χ1n) is 5.60. The summed E-state index contributed by atoms with van der Waals surface area (Å²) in [5, 5.41) is 8.53. The fraction of sp³-hybridized carbons (Fsp3) is 0.727. The summed E-state index contributed by atoms with van der Waals surface area (Å²) >= 11 is 0. The molecule has 0 bridgehead atoms. The maximum Gasteiger partial charge on any atom is 0.243 e. The lowest BCUT2D eigenvalue weighted by Crippen LogP contribution is -2.30. The monoisotopic (exact) mass is 213 g/mol. The third-order valence-electron chi connectivity index (χ3n) is 2.25.